The fourth-order valence-corrected chi connectivity index (χ4v) is 1.95. The molecule has 0 atom stereocenters. The van der Waals surface area contributed by atoms with Crippen LogP contribution in [0.5, 0.6) is 5.75 Å². The summed E-state index contributed by atoms with van der Waals surface area (Å²) in [7, 11) is 1.60. The zero-order valence-electron chi connectivity index (χ0n) is 10.9. The Bertz CT molecular complexity index is 526. The Kier molecular flexibility index (Phi) is 6.22. The summed E-state index contributed by atoms with van der Waals surface area (Å²) in [6.45, 7) is 3.72. The van der Waals surface area contributed by atoms with Gasteiger partial charge in [-0.15, -0.1) is 0 Å². The summed E-state index contributed by atoms with van der Waals surface area (Å²) in [4.78, 5) is 0. The van der Waals surface area contributed by atoms with Crippen LogP contribution in [-0.4, -0.2) is 13.7 Å². The van der Waals surface area contributed by atoms with E-state index in [-0.39, 0.29) is 12.4 Å². The molecular weight excluding hydrogens is 285 g/mol. The van der Waals surface area contributed by atoms with Crippen molar-refractivity contribution in [2.75, 3.05) is 13.7 Å². The first kappa shape index (κ1) is 15.9. The Labute approximate surface area is 124 Å². The number of benzene rings is 1. The fraction of sp³-hybridized carbons (Fsp3) is 0.286. The summed E-state index contributed by atoms with van der Waals surface area (Å²) >= 11 is 6.09. The molecule has 2 rings (SSSR count). The number of hydrogen-bond acceptors (Lipinski definition) is 3. The van der Waals surface area contributed by atoms with Crippen LogP contribution >= 0.6 is 11.6 Å². The predicted octanol–water partition coefficient (Wildman–Crippen LogP) is 0.722. The lowest BCUT2D eigenvalue weighted by Gasteiger charge is -2.04. The highest BCUT2D eigenvalue weighted by atomic mass is 35.5. The van der Waals surface area contributed by atoms with Gasteiger partial charge in [0.1, 0.15) is 17.3 Å². The number of halogens is 2. The molecule has 104 valence electrons. The van der Waals surface area contributed by atoms with Gasteiger partial charge in [-0.2, -0.15) is 0 Å². The van der Waals surface area contributed by atoms with Crippen LogP contribution in [0, 0.1) is 0 Å². The predicted molar refractivity (Wildman–Crippen MR) is 73.1 cm³/mol. The zero-order chi connectivity index (χ0) is 13.0. The lowest BCUT2D eigenvalue weighted by atomic mass is 10.2. The quantitative estimate of drug-likeness (QED) is 0.884. The summed E-state index contributed by atoms with van der Waals surface area (Å²) < 4.78 is 10.9. The lowest BCUT2D eigenvalue weighted by Crippen LogP contribution is -3.00. The van der Waals surface area contributed by atoms with Crippen LogP contribution in [0.1, 0.15) is 12.7 Å². The molecule has 0 saturated carbocycles. The molecule has 3 nitrogen and oxygen atoms in total. The Morgan fingerprint density at radius 3 is 2.68 bits per heavy atom. The number of furan rings is 1. The molecule has 0 aliphatic rings. The Hall–Kier alpha value is -1.16. The third-order valence-electron chi connectivity index (χ3n) is 2.65. The van der Waals surface area contributed by atoms with Crippen LogP contribution in [0.3, 0.4) is 0 Å². The highest BCUT2D eigenvalue weighted by molar-refractivity contribution is 6.32. The normalized spacial score (nSPS) is 10.1. The summed E-state index contributed by atoms with van der Waals surface area (Å²) in [6, 6.07) is 9.53. The second kappa shape index (κ2) is 7.43. The van der Waals surface area contributed by atoms with Crippen molar-refractivity contribution in [2.45, 2.75) is 13.5 Å². The minimum Gasteiger partial charge on any atom is -1.00 e. The lowest BCUT2D eigenvalue weighted by molar-refractivity contribution is -0.00000450. The first-order valence-corrected chi connectivity index (χ1v) is 6.25. The molecule has 0 spiro atoms. The van der Waals surface area contributed by atoms with E-state index in [1.54, 1.807) is 7.11 Å². The van der Waals surface area contributed by atoms with E-state index in [0.29, 0.717) is 10.8 Å². The molecule has 0 fully saturated rings. The maximum Gasteiger partial charge on any atom is 0.137 e. The van der Waals surface area contributed by atoms with E-state index >= 15 is 0 Å². The number of methoxy groups -OCH3 is 1. The second-order valence-corrected chi connectivity index (χ2v) is 4.30. The molecular formula is C14H16Cl2NO2-. The topological polar surface area (TPSA) is 34.4 Å². The molecule has 1 aromatic carbocycles. The van der Waals surface area contributed by atoms with Crippen LogP contribution in [0.2, 0.25) is 5.02 Å². The van der Waals surface area contributed by atoms with E-state index in [1.165, 1.54) is 0 Å². The standard InChI is InChI=1S/C14H16ClNO2.ClH/c1-3-16-9-11-5-7-13(18-11)10-4-6-14(17-2)12(15)8-10;/h4-8,16H,3,9H2,1-2H3;1H/p-1. The van der Waals surface area contributed by atoms with E-state index < -0.39 is 0 Å². The monoisotopic (exact) mass is 300 g/mol. The summed E-state index contributed by atoms with van der Waals surface area (Å²) in [5.41, 5.74) is 0.948. The van der Waals surface area contributed by atoms with Crippen molar-refractivity contribution in [3.63, 3.8) is 0 Å². The minimum absolute atomic E-state index is 0. The van der Waals surface area contributed by atoms with Crippen LogP contribution < -0.4 is 22.5 Å². The van der Waals surface area contributed by atoms with Gasteiger partial charge in [-0.25, -0.2) is 0 Å². The van der Waals surface area contributed by atoms with Gasteiger partial charge in [0.25, 0.3) is 0 Å². The van der Waals surface area contributed by atoms with Crippen molar-refractivity contribution >= 4 is 11.6 Å². The number of ether oxygens (including phenoxy) is 1. The molecule has 0 radical (unpaired) electrons. The molecule has 1 aromatic heterocycles. The third kappa shape index (κ3) is 3.90. The Morgan fingerprint density at radius 2 is 2.05 bits per heavy atom. The van der Waals surface area contributed by atoms with Gasteiger partial charge in [0.2, 0.25) is 0 Å². The maximum absolute atomic E-state index is 6.09. The average molecular weight is 301 g/mol. The molecule has 0 aliphatic heterocycles. The average Bonchev–Trinajstić information content (AvgIpc) is 2.85. The molecule has 0 bridgehead atoms. The smallest absolute Gasteiger partial charge is 0.137 e. The van der Waals surface area contributed by atoms with Crippen molar-refractivity contribution in [3.8, 4) is 17.1 Å². The van der Waals surface area contributed by atoms with Gasteiger partial charge >= 0.3 is 0 Å². The largest absolute Gasteiger partial charge is 1.00 e. The second-order valence-electron chi connectivity index (χ2n) is 3.90. The Balaban J connectivity index is 0.00000180. The van der Waals surface area contributed by atoms with E-state index in [0.717, 1.165) is 30.2 Å². The zero-order valence-corrected chi connectivity index (χ0v) is 12.4. The molecule has 5 heteroatoms. The van der Waals surface area contributed by atoms with Gasteiger partial charge in [0.05, 0.1) is 18.7 Å². The number of hydrogen-bond donors (Lipinski definition) is 1. The van der Waals surface area contributed by atoms with E-state index in [9.17, 15) is 0 Å². The summed E-state index contributed by atoms with van der Waals surface area (Å²) in [6.07, 6.45) is 0. The highest BCUT2D eigenvalue weighted by Crippen LogP contribution is 2.30. The van der Waals surface area contributed by atoms with Crippen LogP contribution in [-0.2, 0) is 6.54 Å². The number of rotatable bonds is 5. The van der Waals surface area contributed by atoms with Crippen LogP contribution in [0.15, 0.2) is 34.7 Å². The molecule has 0 aliphatic carbocycles. The minimum atomic E-state index is 0. The Morgan fingerprint density at radius 1 is 1.26 bits per heavy atom. The summed E-state index contributed by atoms with van der Waals surface area (Å²) in [5.74, 6) is 2.39. The highest BCUT2D eigenvalue weighted by Gasteiger charge is 2.07. The molecule has 19 heavy (non-hydrogen) atoms. The third-order valence-corrected chi connectivity index (χ3v) is 2.94. The van der Waals surface area contributed by atoms with E-state index in [4.69, 9.17) is 20.8 Å². The van der Waals surface area contributed by atoms with Gasteiger partial charge in [0, 0.05) is 5.56 Å². The SMILES string of the molecule is CCNCc1ccc(-c2ccc(OC)c(Cl)c2)o1.[Cl-]. The molecule has 1 N–H and O–H groups in total. The molecule has 0 saturated heterocycles. The molecule has 0 amide bonds. The van der Waals surface area contributed by atoms with Gasteiger partial charge in [-0.1, -0.05) is 18.5 Å². The van der Waals surface area contributed by atoms with Crippen LogP contribution in [0.4, 0.5) is 0 Å². The van der Waals surface area contributed by atoms with Crippen molar-refractivity contribution < 1.29 is 21.6 Å². The van der Waals surface area contributed by atoms with Gasteiger partial charge in [-0.3, -0.25) is 0 Å². The van der Waals surface area contributed by atoms with Crippen molar-refractivity contribution in [1.29, 1.82) is 0 Å². The molecule has 0 unspecified atom stereocenters. The fourth-order valence-electron chi connectivity index (χ4n) is 1.70. The van der Waals surface area contributed by atoms with Crippen molar-refractivity contribution in [1.82, 2.24) is 5.32 Å². The first-order chi connectivity index (χ1) is 8.74. The first-order valence-electron chi connectivity index (χ1n) is 5.88. The molecule has 1 heterocycles. The summed E-state index contributed by atoms with van der Waals surface area (Å²) in [5, 5.41) is 3.80. The number of nitrogens with one attached hydrogen (secondary N) is 1. The molecule has 2 aromatic rings. The maximum atomic E-state index is 6.09. The van der Waals surface area contributed by atoms with Crippen molar-refractivity contribution in [3.05, 3.63) is 41.1 Å². The van der Waals surface area contributed by atoms with E-state index in [1.807, 2.05) is 30.3 Å². The van der Waals surface area contributed by atoms with Gasteiger partial charge in [-0.05, 0) is 36.9 Å². The van der Waals surface area contributed by atoms with Gasteiger partial charge < -0.3 is 26.9 Å². The van der Waals surface area contributed by atoms with Crippen molar-refractivity contribution in [2.24, 2.45) is 0 Å². The van der Waals surface area contributed by atoms with Crippen LogP contribution in [0.25, 0.3) is 11.3 Å². The van der Waals surface area contributed by atoms with Gasteiger partial charge in [0.15, 0.2) is 0 Å². The van der Waals surface area contributed by atoms with E-state index in [2.05, 4.69) is 12.2 Å².